The van der Waals surface area contributed by atoms with Crippen LogP contribution in [0.4, 0.5) is 0 Å². The van der Waals surface area contributed by atoms with Gasteiger partial charge in [-0.3, -0.25) is 14.2 Å². The van der Waals surface area contributed by atoms with Crippen LogP contribution in [0.15, 0.2) is 64.5 Å². The minimum Gasteiger partial charge on any atom is -0.338 e. The molecule has 0 spiro atoms. The minimum atomic E-state index is -0.273. The smallest absolute Gasteiger partial charge is 0.271 e. The number of hydrogen-bond donors (Lipinski definition) is 1. The standard InChI is InChI=1S/C22H19ClN4O2S3/c1-2-26(12-14-6-4-3-5-7-14)17(28)13-31-21-24-19-18(20(29)25-21)32-22(30)27(19)16-10-8-15(23)9-11-16/h3-11H,2,12-13H2,1H3,(H,24,25,29). The summed E-state index contributed by atoms with van der Waals surface area (Å²) in [6.45, 7) is 3.08. The fraction of sp³-hybridized carbons (Fsp3) is 0.182. The zero-order valence-corrected chi connectivity index (χ0v) is 20.3. The first kappa shape index (κ1) is 22.7. The molecule has 0 aliphatic rings. The van der Waals surface area contributed by atoms with E-state index >= 15 is 0 Å². The van der Waals surface area contributed by atoms with Crippen molar-refractivity contribution in [3.8, 4) is 5.69 Å². The van der Waals surface area contributed by atoms with Gasteiger partial charge in [-0.15, -0.1) is 0 Å². The lowest BCUT2D eigenvalue weighted by Crippen LogP contribution is -2.31. The third-order valence-electron chi connectivity index (χ3n) is 4.79. The molecule has 0 radical (unpaired) electrons. The number of fused-ring (bicyclic) bond motifs is 1. The van der Waals surface area contributed by atoms with Gasteiger partial charge in [0.2, 0.25) is 5.91 Å². The lowest BCUT2D eigenvalue weighted by molar-refractivity contribution is -0.128. The van der Waals surface area contributed by atoms with E-state index in [1.807, 2.05) is 49.4 Å². The van der Waals surface area contributed by atoms with Gasteiger partial charge >= 0.3 is 0 Å². The first-order valence-electron chi connectivity index (χ1n) is 9.82. The molecule has 2 aromatic carbocycles. The van der Waals surface area contributed by atoms with Crippen LogP contribution in [0.5, 0.6) is 0 Å². The summed E-state index contributed by atoms with van der Waals surface area (Å²) in [5, 5.41) is 0.985. The SMILES string of the molecule is CCN(Cc1ccccc1)C(=O)CSc1nc2c(sc(=S)n2-c2ccc(Cl)cc2)c(=O)[nH]1. The average molecular weight is 503 g/mol. The second-order valence-electron chi connectivity index (χ2n) is 6.89. The van der Waals surface area contributed by atoms with Gasteiger partial charge in [0, 0.05) is 23.8 Å². The highest BCUT2D eigenvalue weighted by Crippen LogP contribution is 2.25. The predicted octanol–water partition coefficient (Wildman–Crippen LogP) is 5.30. The number of aromatic amines is 1. The van der Waals surface area contributed by atoms with Crippen molar-refractivity contribution in [2.75, 3.05) is 12.3 Å². The van der Waals surface area contributed by atoms with Crippen molar-refractivity contribution in [1.29, 1.82) is 0 Å². The highest BCUT2D eigenvalue weighted by Gasteiger charge is 2.17. The van der Waals surface area contributed by atoms with Crippen LogP contribution in [0.1, 0.15) is 12.5 Å². The lowest BCUT2D eigenvalue weighted by Gasteiger charge is -2.20. The zero-order valence-electron chi connectivity index (χ0n) is 17.1. The second kappa shape index (κ2) is 9.99. The molecule has 1 amide bonds. The van der Waals surface area contributed by atoms with Crippen molar-refractivity contribution < 1.29 is 4.79 Å². The Kier molecular flexibility index (Phi) is 7.10. The molecule has 6 nitrogen and oxygen atoms in total. The van der Waals surface area contributed by atoms with Crippen LogP contribution < -0.4 is 5.56 Å². The quantitative estimate of drug-likeness (QED) is 0.211. The lowest BCUT2D eigenvalue weighted by atomic mass is 10.2. The van der Waals surface area contributed by atoms with Gasteiger partial charge in [-0.1, -0.05) is 65.0 Å². The Bertz CT molecular complexity index is 1360. The first-order chi connectivity index (χ1) is 15.5. The van der Waals surface area contributed by atoms with Crippen molar-refractivity contribution in [1.82, 2.24) is 19.4 Å². The molecular formula is C22H19ClN4O2S3. The number of H-pyrrole nitrogens is 1. The van der Waals surface area contributed by atoms with Gasteiger partial charge in [0.15, 0.2) is 14.8 Å². The van der Waals surface area contributed by atoms with Crippen LogP contribution in [0, 0.1) is 3.95 Å². The van der Waals surface area contributed by atoms with Crippen LogP contribution in [0.3, 0.4) is 0 Å². The summed E-state index contributed by atoms with van der Waals surface area (Å²) in [6.07, 6.45) is 0. The molecule has 10 heteroatoms. The zero-order chi connectivity index (χ0) is 22.7. The molecule has 1 N–H and O–H groups in total. The summed E-state index contributed by atoms with van der Waals surface area (Å²) in [6, 6.07) is 17.0. The summed E-state index contributed by atoms with van der Waals surface area (Å²) in [5.74, 6) is 0.143. The predicted molar refractivity (Wildman–Crippen MR) is 134 cm³/mol. The van der Waals surface area contributed by atoms with Gasteiger partial charge in [-0.2, -0.15) is 0 Å². The highest BCUT2D eigenvalue weighted by atomic mass is 35.5. The Morgan fingerprint density at radius 1 is 1.22 bits per heavy atom. The Morgan fingerprint density at radius 3 is 2.62 bits per heavy atom. The van der Waals surface area contributed by atoms with Crippen LogP contribution in [-0.2, 0) is 11.3 Å². The van der Waals surface area contributed by atoms with Crippen molar-refractivity contribution in [3.63, 3.8) is 0 Å². The van der Waals surface area contributed by atoms with E-state index in [4.69, 9.17) is 23.8 Å². The Morgan fingerprint density at radius 2 is 1.94 bits per heavy atom. The molecule has 4 rings (SSSR count). The molecule has 164 valence electrons. The van der Waals surface area contributed by atoms with Gasteiger partial charge < -0.3 is 9.88 Å². The number of nitrogens with zero attached hydrogens (tertiary/aromatic N) is 3. The summed E-state index contributed by atoms with van der Waals surface area (Å²) in [7, 11) is 0. The molecule has 0 atom stereocenters. The molecule has 4 aromatic rings. The topological polar surface area (TPSA) is 71.0 Å². The third-order valence-corrected chi connectivity index (χ3v) is 7.26. The maximum atomic E-state index is 12.8. The summed E-state index contributed by atoms with van der Waals surface area (Å²) in [5.41, 5.74) is 2.04. The van der Waals surface area contributed by atoms with E-state index in [1.165, 1.54) is 23.1 Å². The molecule has 32 heavy (non-hydrogen) atoms. The molecule has 2 aromatic heterocycles. The maximum absolute atomic E-state index is 12.8. The number of benzene rings is 2. The van der Waals surface area contributed by atoms with Crippen molar-refractivity contribution in [2.45, 2.75) is 18.6 Å². The fourth-order valence-electron chi connectivity index (χ4n) is 3.18. The van der Waals surface area contributed by atoms with E-state index in [-0.39, 0.29) is 17.2 Å². The third kappa shape index (κ3) is 4.96. The average Bonchev–Trinajstić information content (AvgIpc) is 3.13. The van der Waals surface area contributed by atoms with E-state index in [0.29, 0.717) is 37.6 Å². The number of carbonyl (C=O) groups is 1. The monoisotopic (exact) mass is 502 g/mol. The van der Waals surface area contributed by atoms with Gasteiger partial charge in [-0.05, 0) is 49.0 Å². The summed E-state index contributed by atoms with van der Waals surface area (Å²) >= 11 is 13.9. The Balaban J connectivity index is 1.57. The number of carbonyl (C=O) groups excluding carboxylic acids is 1. The molecule has 0 unspecified atom stereocenters. The van der Waals surface area contributed by atoms with Crippen molar-refractivity contribution in [3.05, 3.63) is 79.5 Å². The van der Waals surface area contributed by atoms with Gasteiger partial charge in [-0.25, -0.2) is 4.98 Å². The van der Waals surface area contributed by atoms with Crippen LogP contribution in [0.25, 0.3) is 16.0 Å². The van der Waals surface area contributed by atoms with E-state index in [1.54, 1.807) is 21.6 Å². The summed E-state index contributed by atoms with van der Waals surface area (Å²) in [4.78, 5) is 34.6. The highest BCUT2D eigenvalue weighted by molar-refractivity contribution is 7.99. The number of aromatic nitrogens is 3. The number of thiazole rings is 1. The number of amides is 1. The fourth-order valence-corrected chi connectivity index (χ4v) is 5.34. The van der Waals surface area contributed by atoms with Crippen LogP contribution >= 0.6 is 46.9 Å². The molecule has 0 aliphatic carbocycles. The molecule has 0 saturated carbocycles. The van der Waals surface area contributed by atoms with Gasteiger partial charge in [0.05, 0.1) is 5.75 Å². The number of hydrogen-bond acceptors (Lipinski definition) is 6. The van der Waals surface area contributed by atoms with E-state index in [2.05, 4.69) is 9.97 Å². The largest absolute Gasteiger partial charge is 0.338 e. The van der Waals surface area contributed by atoms with Crippen LogP contribution in [-0.4, -0.2) is 37.6 Å². The Labute approximate surface area is 202 Å². The number of halogens is 1. The summed E-state index contributed by atoms with van der Waals surface area (Å²) < 4.78 is 2.71. The molecule has 0 bridgehead atoms. The normalized spacial score (nSPS) is 11.1. The van der Waals surface area contributed by atoms with Crippen LogP contribution in [0.2, 0.25) is 5.02 Å². The van der Waals surface area contributed by atoms with Gasteiger partial charge in [0.1, 0.15) is 4.70 Å². The Hall–Kier alpha value is -2.46. The molecule has 2 heterocycles. The minimum absolute atomic E-state index is 0.0241. The van der Waals surface area contributed by atoms with Crippen molar-refractivity contribution >= 4 is 63.2 Å². The molecular weight excluding hydrogens is 484 g/mol. The number of rotatable bonds is 7. The molecule has 0 fully saturated rings. The second-order valence-corrected chi connectivity index (χ2v) is 9.93. The molecule has 0 aliphatic heterocycles. The first-order valence-corrected chi connectivity index (χ1v) is 12.4. The number of thioether (sulfide) groups is 1. The van der Waals surface area contributed by atoms with E-state index in [9.17, 15) is 9.59 Å². The van der Waals surface area contributed by atoms with Crippen molar-refractivity contribution in [2.24, 2.45) is 0 Å². The number of nitrogens with one attached hydrogen (secondary N) is 1. The molecule has 0 saturated heterocycles. The van der Waals surface area contributed by atoms with E-state index in [0.717, 1.165) is 11.3 Å². The van der Waals surface area contributed by atoms with Gasteiger partial charge in [0.25, 0.3) is 5.56 Å². The van der Waals surface area contributed by atoms with E-state index < -0.39 is 0 Å². The maximum Gasteiger partial charge on any atom is 0.271 e.